The van der Waals surface area contributed by atoms with Crippen LogP contribution < -0.4 is 9.47 Å². The summed E-state index contributed by atoms with van der Waals surface area (Å²) in [6.45, 7) is 1.79. The lowest BCUT2D eigenvalue weighted by molar-refractivity contribution is -0.145. The largest absolute Gasteiger partial charge is 0.493 e. The third kappa shape index (κ3) is 4.74. The first-order chi connectivity index (χ1) is 11.9. The molecule has 0 saturated carbocycles. The predicted molar refractivity (Wildman–Crippen MR) is 104 cm³/mol. The van der Waals surface area contributed by atoms with Crippen molar-refractivity contribution in [2.45, 2.75) is 6.92 Å². The Labute approximate surface area is 163 Å². The number of thiocarbonyl (C=S) groups is 1. The van der Waals surface area contributed by atoms with Crippen LogP contribution in [0.4, 0.5) is 0 Å². The number of halogens is 1. The summed E-state index contributed by atoms with van der Waals surface area (Å²) in [4.78, 5) is 25.5. The monoisotopic (exact) mass is 445 g/mol. The summed E-state index contributed by atoms with van der Waals surface area (Å²) in [5.74, 6) is 0.201. The molecule has 1 saturated heterocycles. The fourth-order valence-corrected chi connectivity index (χ4v) is 3.75. The first-order valence-corrected chi connectivity index (χ1v) is 9.26. The zero-order valence-corrected chi connectivity index (χ0v) is 17.0. The van der Waals surface area contributed by atoms with Crippen molar-refractivity contribution in [1.82, 2.24) is 4.90 Å². The van der Waals surface area contributed by atoms with Gasteiger partial charge >= 0.3 is 5.97 Å². The van der Waals surface area contributed by atoms with Crippen molar-refractivity contribution >= 4 is 62.2 Å². The Hall–Kier alpha value is -1.58. The quantitative estimate of drug-likeness (QED) is 0.378. The molecular formula is C16H16BrNO5S2. The number of thioether (sulfide) groups is 1. The molecule has 0 radical (unpaired) electrons. The van der Waals surface area contributed by atoms with Crippen LogP contribution in [0.3, 0.4) is 0 Å². The highest BCUT2D eigenvalue weighted by molar-refractivity contribution is 9.10. The van der Waals surface area contributed by atoms with E-state index in [1.807, 2.05) is 0 Å². The van der Waals surface area contributed by atoms with Gasteiger partial charge in [-0.25, -0.2) is 4.79 Å². The molecular weight excluding hydrogens is 430 g/mol. The van der Waals surface area contributed by atoms with Gasteiger partial charge in [-0.1, -0.05) is 24.0 Å². The van der Waals surface area contributed by atoms with Gasteiger partial charge in [-0.2, -0.15) is 0 Å². The van der Waals surface area contributed by atoms with Gasteiger partial charge in [0.1, 0.15) is 4.32 Å². The third-order valence-corrected chi connectivity index (χ3v) is 5.25. The van der Waals surface area contributed by atoms with Crippen LogP contribution in [0.25, 0.3) is 6.08 Å². The average Bonchev–Trinajstić information content (AvgIpc) is 2.80. The van der Waals surface area contributed by atoms with Crippen molar-refractivity contribution in [2.75, 3.05) is 27.4 Å². The molecule has 1 aliphatic rings. The minimum atomic E-state index is -0.466. The van der Waals surface area contributed by atoms with Crippen molar-refractivity contribution in [1.29, 1.82) is 0 Å². The second kappa shape index (κ2) is 8.68. The van der Waals surface area contributed by atoms with E-state index in [4.69, 9.17) is 26.4 Å². The number of rotatable bonds is 6. The van der Waals surface area contributed by atoms with Crippen LogP contribution in [0.2, 0.25) is 0 Å². The van der Waals surface area contributed by atoms with E-state index in [0.29, 0.717) is 25.2 Å². The average molecular weight is 446 g/mol. The standard InChI is InChI=1S/C16H16BrNO5S2/c1-4-22-13(19)8-23-14-10(17)5-9(6-11(14)21-3)7-12-15(20)18(2)16(24)25-12/h5-7H,4,8H2,1-3H3. The Bertz CT molecular complexity index is 750. The second-order valence-electron chi connectivity index (χ2n) is 4.87. The molecule has 2 rings (SSSR count). The Morgan fingerprint density at radius 3 is 2.72 bits per heavy atom. The minimum Gasteiger partial charge on any atom is -0.493 e. The number of nitrogens with zero attached hydrogens (tertiary/aromatic N) is 1. The summed E-state index contributed by atoms with van der Waals surface area (Å²) in [5, 5.41) is 0. The van der Waals surface area contributed by atoms with Gasteiger partial charge < -0.3 is 14.2 Å². The van der Waals surface area contributed by atoms with Gasteiger partial charge in [-0.15, -0.1) is 0 Å². The number of carbonyl (C=O) groups is 2. The number of hydrogen-bond acceptors (Lipinski definition) is 7. The lowest BCUT2D eigenvalue weighted by Crippen LogP contribution is -2.22. The van der Waals surface area contributed by atoms with Gasteiger partial charge in [-0.05, 0) is 46.6 Å². The predicted octanol–water partition coefficient (Wildman–Crippen LogP) is 3.23. The second-order valence-corrected chi connectivity index (χ2v) is 7.40. The molecule has 0 aromatic heterocycles. The Morgan fingerprint density at radius 1 is 1.44 bits per heavy atom. The highest BCUT2D eigenvalue weighted by Gasteiger charge is 2.28. The number of ether oxygens (including phenoxy) is 3. The van der Waals surface area contributed by atoms with E-state index in [9.17, 15) is 9.59 Å². The molecule has 1 aromatic carbocycles. The van der Waals surface area contributed by atoms with Crippen molar-refractivity contribution in [3.8, 4) is 11.5 Å². The van der Waals surface area contributed by atoms with Crippen LogP contribution in [0, 0.1) is 0 Å². The summed E-state index contributed by atoms with van der Waals surface area (Å²) in [6.07, 6.45) is 1.73. The van der Waals surface area contributed by atoms with Crippen LogP contribution in [0.5, 0.6) is 11.5 Å². The molecule has 9 heteroatoms. The number of amides is 1. The van der Waals surface area contributed by atoms with Crippen LogP contribution >= 0.6 is 39.9 Å². The van der Waals surface area contributed by atoms with E-state index in [1.54, 1.807) is 32.2 Å². The lowest BCUT2D eigenvalue weighted by atomic mass is 10.2. The van der Waals surface area contributed by atoms with E-state index in [2.05, 4.69) is 15.9 Å². The molecule has 0 spiro atoms. The van der Waals surface area contributed by atoms with E-state index in [-0.39, 0.29) is 19.1 Å². The summed E-state index contributed by atoms with van der Waals surface area (Å²) in [6, 6.07) is 3.48. The third-order valence-electron chi connectivity index (χ3n) is 3.18. The molecule has 6 nitrogen and oxygen atoms in total. The summed E-state index contributed by atoms with van der Waals surface area (Å²) in [5.41, 5.74) is 0.737. The van der Waals surface area contributed by atoms with Gasteiger partial charge in [0.2, 0.25) is 0 Å². The molecule has 0 bridgehead atoms. The molecule has 1 aromatic rings. The highest BCUT2D eigenvalue weighted by atomic mass is 79.9. The highest BCUT2D eigenvalue weighted by Crippen LogP contribution is 2.38. The number of methoxy groups -OCH3 is 1. The van der Waals surface area contributed by atoms with Gasteiger partial charge in [0.15, 0.2) is 18.1 Å². The lowest BCUT2D eigenvalue weighted by Gasteiger charge is -2.13. The molecule has 1 heterocycles. The molecule has 0 aliphatic carbocycles. The van der Waals surface area contributed by atoms with Gasteiger partial charge in [0.25, 0.3) is 5.91 Å². The Morgan fingerprint density at radius 2 is 2.16 bits per heavy atom. The molecule has 134 valence electrons. The molecule has 0 unspecified atom stereocenters. The van der Waals surface area contributed by atoms with Crippen molar-refractivity contribution in [3.63, 3.8) is 0 Å². The van der Waals surface area contributed by atoms with Crippen LogP contribution in [0.1, 0.15) is 12.5 Å². The summed E-state index contributed by atoms with van der Waals surface area (Å²) >= 11 is 9.76. The Balaban J connectivity index is 2.26. The van der Waals surface area contributed by atoms with Gasteiger partial charge in [-0.3, -0.25) is 9.69 Å². The zero-order chi connectivity index (χ0) is 18.6. The minimum absolute atomic E-state index is 0.146. The topological polar surface area (TPSA) is 65.1 Å². The molecule has 1 fully saturated rings. The van der Waals surface area contributed by atoms with E-state index >= 15 is 0 Å². The first-order valence-electron chi connectivity index (χ1n) is 7.24. The first kappa shape index (κ1) is 19.7. The van der Waals surface area contributed by atoms with Gasteiger partial charge in [0.05, 0.1) is 23.1 Å². The van der Waals surface area contributed by atoms with Crippen molar-refractivity contribution in [3.05, 3.63) is 27.1 Å². The number of hydrogen-bond donors (Lipinski definition) is 0. The van der Waals surface area contributed by atoms with Crippen molar-refractivity contribution < 1.29 is 23.8 Å². The number of esters is 1. The van der Waals surface area contributed by atoms with E-state index < -0.39 is 5.97 Å². The van der Waals surface area contributed by atoms with Crippen molar-refractivity contribution in [2.24, 2.45) is 0 Å². The van der Waals surface area contributed by atoms with Gasteiger partial charge in [0, 0.05) is 7.05 Å². The van der Waals surface area contributed by atoms with Crippen LogP contribution in [0.15, 0.2) is 21.5 Å². The molecule has 1 aliphatic heterocycles. The maximum atomic E-state index is 12.1. The van der Waals surface area contributed by atoms with Crippen LogP contribution in [-0.2, 0) is 14.3 Å². The molecule has 1 amide bonds. The normalized spacial score (nSPS) is 15.7. The van der Waals surface area contributed by atoms with Crippen LogP contribution in [-0.4, -0.2) is 48.5 Å². The van der Waals surface area contributed by atoms with E-state index in [0.717, 1.165) is 5.56 Å². The fourth-order valence-electron chi connectivity index (χ4n) is 1.99. The molecule has 0 atom stereocenters. The number of benzene rings is 1. The number of carbonyl (C=O) groups excluding carboxylic acids is 2. The smallest absolute Gasteiger partial charge is 0.344 e. The zero-order valence-electron chi connectivity index (χ0n) is 13.8. The maximum Gasteiger partial charge on any atom is 0.344 e. The fraction of sp³-hybridized carbons (Fsp3) is 0.312. The van der Waals surface area contributed by atoms with E-state index in [1.165, 1.54) is 23.8 Å². The molecule has 25 heavy (non-hydrogen) atoms. The SMILES string of the molecule is CCOC(=O)COc1c(Br)cc(C=C2SC(=S)N(C)C2=O)cc1OC. The maximum absolute atomic E-state index is 12.1. The Kier molecular flexibility index (Phi) is 6.86. The summed E-state index contributed by atoms with van der Waals surface area (Å²) in [7, 11) is 3.13. The summed E-state index contributed by atoms with van der Waals surface area (Å²) < 4.78 is 16.8. The number of likely N-dealkylation sites (N-methyl/N-ethyl adjacent to an activating group) is 1. The molecule has 0 N–H and O–H groups in total.